The van der Waals surface area contributed by atoms with Gasteiger partial charge in [0, 0.05) is 19.1 Å². The van der Waals surface area contributed by atoms with E-state index >= 15 is 0 Å². The first-order valence-electron chi connectivity index (χ1n) is 9.85. The summed E-state index contributed by atoms with van der Waals surface area (Å²) in [6.45, 7) is 2.84. The van der Waals surface area contributed by atoms with E-state index in [9.17, 15) is 21.6 Å². The predicted molar refractivity (Wildman–Crippen MR) is 96.4 cm³/mol. The second kappa shape index (κ2) is 8.14. The van der Waals surface area contributed by atoms with Gasteiger partial charge >= 0.3 is 15.6 Å². The fourth-order valence-corrected chi connectivity index (χ4v) is 6.00. The van der Waals surface area contributed by atoms with E-state index in [2.05, 4.69) is 4.18 Å². The van der Waals surface area contributed by atoms with E-state index in [1.807, 2.05) is 6.92 Å². The summed E-state index contributed by atoms with van der Waals surface area (Å²) in [4.78, 5) is 0. The summed E-state index contributed by atoms with van der Waals surface area (Å²) in [5, 5.41) is 0. The average Bonchev–Trinajstić information content (AvgIpc) is 2.91. The number of hydrogen-bond acceptors (Lipinski definition) is 5. The smallest absolute Gasteiger partial charge is 0.380 e. The van der Waals surface area contributed by atoms with Crippen molar-refractivity contribution in [3.8, 4) is 0 Å². The molecular formula is C19H29F3O5S. The molecule has 3 aliphatic rings. The largest absolute Gasteiger partial charge is 0.534 e. The first kappa shape index (κ1) is 21.9. The minimum atomic E-state index is -5.62. The maximum atomic E-state index is 12.7. The second-order valence-electron chi connectivity index (χ2n) is 8.64. The van der Waals surface area contributed by atoms with Crippen LogP contribution in [0.25, 0.3) is 0 Å². The zero-order valence-electron chi connectivity index (χ0n) is 16.3. The molecule has 0 N–H and O–H groups in total. The summed E-state index contributed by atoms with van der Waals surface area (Å²) in [6, 6.07) is 0. The fraction of sp³-hybridized carbons (Fsp3) is 0.895. The van der Waals surface area contributed by atoms with Crippen LogP contribution in [0, 0.1) is 29.1 Å². The zero-order valence-corrected chi connectivity index (χ0v) is 17.2. The van der Waals surface area contributed by atoms with Crippen LogP contribution in [-0.4, -0.2) is 34.4 Å². The van der Waals surface area contributed by atoms with E-state index in [0.29, 0.717) is 44.0 Å². The number of alkyl halides is 3. The van der Waals surface area contributed by atoms with Crippen LogP contribution >= 0.6 is 0 Å². The highest BCUT2D eigenvalue weighted by Crippen LogP contribution is 2.59. The number of methoxy groups -OCH3 is 1. The maximum Gasteiger partial charge on any atom is 0.534 e. The molecule has 0 saturated heterocycles. The van der Waals surface area contributed by atoms with Crippen LogP contribution in [0.4, 0.5) is 13.2 Å². The van der Waals surface area contributed by atoms with E-state index in [-0.39, 0.29) is 11.7 Å². The van der Waals surface area contributed by atoms with Gasteiger partial charge in [-0.25, -0.2) is 0 Å². The molecule has 0 heterocycles. The summed E-state index contributed by atoms with van der Waals surface area (Å²) in [6.07, 6.45) is 7.90. The van der Waals surface area contributed by atoms with Crippen molar-refractivity contribution in [3.05, 3.63) is 11.8 Å². The highest BCUT2D eigenvalue weighted by molar-refractivity contribution is 7.87. The van der Waals surface area contributed by atoms with Gasteiger partial charge in [-0.3, -0.25) is 0 Å². The molecule has 3 rings (SSSR count). The van der Waals surface area contributed by atoms with E-state index in [4.69, 9.17) is 9.47 Å². The lowest BCUT2D eigenvalue weighted by atomic mass is 9.56. The molecule has 0 spiro atoms. The third-order valence-corrected chi connectivity index (χ3v) is 7.89. The number of rotatable bonds is 7. The summed E-state index contributed by atoms with van der Waals surface area (Å²) in [7, 11) is -4.02. The Morgan fingerprint density at radius 2 is 1.96 bits per heavy atom. The van der Waals surface area contributed by atoms with E-state index in [1.165, 1.54) is 0 Å². The van der Waals surface area contributed by atoms with Crippen molar-refractivity contribution in [1.29, 1.82) is 0 Å². The highest BCUT2D eigenvalue weighted by atomic mass is 32.2. The van der Waals surface area contributed by atoms with Gasteiger partial charge in [-0.2, -0.15) is 21.6 Å². The van der Waals surface area contributed by atoms with Gasteiger partial charge in [-0.05, 0) is 68.3 Å². The first-order chi connectivity index (χ1) is 13.1. The quantitative estimate of drug-likeness (QED) is 0.258. The molecular weight excluding hydrogens is 397 g/mol. The molecule has 0 aromatic carbocycles. The zero-order chi connectivity index (χ0) is 20.6. The fourth-order valence-electron chi connectivity index (χ4n) is 5.41. The van der Waals surface area contributed by atoms with Crippen molar-refractivity contribution < 1.29 is 35.2 Å². The molecule has 0 aliphatic heterocycles. The summed E-state index contributed by atoms with van der Waals surface area (Å²) in [5.41, 5.74) is -6.03. The molecule has 0 amide bonds. The molecule has 3 aliphatic carbocycles. The Bertz CT molecular complexity index is 690. The Morgan fingerprint density at radius 3 is 2.64 bits per heavy atom. The monoisotopic (exact) mass is 426 g/mol. The summed E-state index contributed by atoms with van der Waals surface area (Å²) in [5.74, 6) is 1.65. The molecule has 2 fully saturated rings. The Morgan fingerprint density at radius 1 is 1.21 bits per heavy atom. The van der Waals surface area contributed by atoms with Crippen molar-refractivity contribution in [1.82, 2.24) is 0 Å². The van der Waals surface area contributed by atoms with Crippen molar-refractivity contribution >= 4 is 10.1 Å². The Kier molecular flexibility index (Phi) is 6.37. The third-order valence-electron chi connectivity index (χ3n) is 6.93. The van der Waals surface area contributed by atoms with Gasteiger partial charge in [0.15, 0.2) is 0 Å². The van der Waals surface area contributed by atoms with Gasteiger partial charge in [-0.1, -0.05) is 13.3 Å². The van der Waals surface area contributed by atoms with Crippen LogP contribution in [0.3, 0.4) is 0 Å². The van der Waals surface area contributed by atoms with Gasteiger partial charge < -0.3 is 13.7 Å². The molecule has 0 radical (unpaired) electrons. The highest BCUT2D eigenvalue weighted by Gasteiger charge is 2.55. The summed E-state index contributed by atoms with van der Waals surface area (Å²) < 4.78 is 76.1. The van der Waals surface area contributed by atoms with E-state index in [0.717, 1.165) is 32.1 Å². The lowest BCUT2D eigenvalue weighted by Gasteiger charge is -2.49. The van der Waals surface area contributed by atoms with Crippen LogP contribution in [0.2, 0.25) is 0 Å². The number of allylic oxidation sites excluding steroid dienone is 2. The lowest BCUT2D eigenvalue weighted by Crippen LogP contribution is -2.42. The van der Waals surface area contributed by atoms with E-state index in [1.54, 1.807) is 13.2 Å². The van der Waals surface area contributed by atoms with Crippen LogP contribution < -0.4 is 0 Å². The molecule has 0 bridgehead atoms. The van der Waals surface area contributed by atoms with Crippen LogP contribution in [0.1, 0.15) is 51.9 Å². The van der Waals surface area contributed by atoms with Gasteiger partial charge in [-0.15, -0.1) is 0 Å². The molecule has 9 heteroatoms. The minimum absolute atomic E-state index is 0.0108. The van der Waals surface area contributed by atoms with Crippen LogP contribution in [0.5, 0.6) is 0 Å². The van der Waals surface area contributed by atoms with Gasteiger partial charge in [0.1, 0.15) is 12.6 Å². The Hall–Kier alpha value is -0.800. The minimum Gasteiger partial charge on any atom is -0.380 e. The number of fused-ring (bicyclic) bond motifs is 2. The summed E-state index contributed by atoms with van der Waals surface area (Å²) >= 11 is 0. The van der Waals surface area contributed by atoms with Crippen LogP contribution in [-0.2, 0) is 23.8 Å². The predicted octanol–water partition coefficient (Wildman–Crippen LogP) is 4.60. The molecule has 28 heavy (non-hydrogen) atoms. The average molecular weight is 426 g/mol. The normalized spacial score (nSPS) is 35.8. The van der Waals surface area contributed by atoms with Gasteiger partial charge in [0.25, 0.3) is 0 Å². The van der Waals surface area contributed by atoms with Crippen LogP contribution in [0.15, 0.2) is 11.8 Å². The number of halogens is 3. The Balaban J connectivity index is 1.61. The van der Waals surface area contributed by atoms with Gasteiger partial charge in [0.05, 0.1) is 0 Å². The molecule has 0 aromatic rings. The number of ether oxygens (including phenoxy) is 2. The first-order valence-corrected chi connectivity index (χ1v) is 11.3. The lowest BCUT2D eigenvalue weighted by molar-refractivity contribution is -0.0557. The third kappa shape index (κ3) is 4.36. The molecule has 2 saturated carbocycles. The van der Waals surface area contributed by atoms with Gasteiger partial charge in [0.2, 0.25) is 0 Å². The van der Waals surface area contributed by atoms with E-state index < -0.39 is 21.0 Å². The molecule has 0 aromatic heterocycles. The molecule has 162 valence electrons. The second-order valence-corrected chi connectivity index (χ2v) is 10.2. The molecule has 0 unspecified atom stereocenters. The van der Waals surface area contributed by atoms with Crippen molar-refractivity contribution in [2.75, 3.05) is 20.5 Å². The molecule has 5 atom stereocenters. The molecule has 5 nitrogen and oxygen atoms in total. The SMILES string of the molecule is COCOCC[C@@H]1CC[C@@H]2C[C@]3(C)C(OS(=O)(=O)C(F)(F)F)=CC[C@H]3C[C@H]2C1. The Labute approximate surface area is 164 Å². The van der Waals surface area contributed by atoms with Crippen molar-refractivity contribution in [2.45, 2.75) is 57.4 Å². The maximum absolute atomic E-state index is 12.7. The van der Waals surface area contributed by atoms with Crippen molar-refractivity contribution in [2.24, 2.45) is 29.1 Å². The number of hydrogen-bond donors (Lipinski definition) is 0. The standard InChI is InChI=1S/C19H29F3O5S/c1-18-11-14-4-3-13(7-8-26-12-25-2)9-15(14)10-16(18)5-6-17(18)27-28(23,24)19(20,21)22/h6,13-16H,3-5,7-12H2,1-2H3/t13-,14+,15+,16-,18-/m0/s1. The van der Waals surface area contributed by atoms with Crippen molar-refractivity contribution in [3.63, 3.8) is 0 Å². The topological polar surface area (TPSA) is 61.8 Å².